The summed E-state index contributed by atoms with van der Waals surface area (Å²) < 4.78 is 6.51. The number of hydrogen-bond acceptors (Lipinski definition) is 2. The maximum Gasteiger partial charge on any atom is 0.127 e. The van der Waals surface area contributed by atoms with Crippen molar-refractivity contribution in [3.8, 4) is 11.5 Å². The molecular formula is C21H30O2. The SMILES string of the molecule is CCCCCc1cc(O)c2c(c1)O[C@]1(C)CCC3C1C2C3(C)C. The molecule has 2 aliphatic carbocycles. The molecule has 0 radical (unpaired) electrons. The van der Waals surface area contributed by atoms with Crippen molar-refractivity contribution in [1.29, 1.82) is 0 Å². The van der Waals surface area contributed by atoms with Crippen LogP contribution in [0.1, 0.15) is 76.8 Å². The van der Waals surface area contributed by atoms with E-state index in [0.717, 1.165) is 30.1 Å². The fourth-order valence-corrected chi connectivity index (χ4v) is 5.92. The standard InChI is InChI=1S/C21H30O2/c1-5-6-7-8-13-11-15(22)17-16(12-13)23-21(4)10-9-14-18(21)19(17)20(14,2)3/h11-12,14,18-19,22H,5-10H2,1-4H3/t14?,18?,19?,21-/m1/s1. The third-order valence-electron chi connectivity index (χ3n) is 7.11. The van der Waals surface area contributed by atoms with Gasteiger partial charge in [-0.3, -0.25) is 0 Å². The predicted molar refractivity (Wildman–Crippen MR) is 93.1 cm³/mol. The van der Waals surface area contributed by atoms with Gasteiger partial charge in [0.05, 0.1) is 0 Å². The van der Waals surface area contributed by atoms with Gasteiger partial charge in [0.1, 0.15) is 17.1 Å². The molecule has 0 spiro atoms. The zero-order valence-corrected chi connectivity index (χ0v) is 15.0. The van der Waals surface area contributed by atoms with Gasteiger partial charge in [0.15, 0.2) is 0 Å². The fraction of sp³-hybridized carbons (Fsp3) is 0.714. The average molecular weight is 314 g/mol. The summed E-state index contributed by atoms with van der Waals surface area (Å²) in [7, 11) is 0. The van der Waals surface area contributed by atoms with E-state index in [9.17, 15) is 5.11 Å². The van der Waals surface area contributed by atoms with E-state index < -0.39 is 0 Å². The zero-order chi connectivity index (χ0) is 16.4. The Labute approximate surface area is 140 Å². The fourth-order valence-electron chi connectivity index (χ4n) is 5.92. The van der Waals surface area contributed by atoms with Gasteiger partial charge in [-0.15, -0.1) is 0 Å². The van der Waals surface area contributed by atoms with Crippen LogP contribution in [0.15, 0.2) is 12.1 Å². The Kier molecular flexibility index (Phi) is 3.28. The number of benzene rings is 1. The molecule has 2 fully saturated rings. The highest BCUT2D eigenvalue weighted by molar-refractivity contribution is 5.55. The van der Waals surface area contributed by atoms with Crippen LogP contribution >= 0.6 is 0 Å². The number of aromatic hydroxyl groups is 1. The number of ether oxygens (including phenoxy) is 1. The van der Waals surface area contributed by atoms with Crippen molar-refractivity contribution in [2.45, 2.75) is 77.7 Å². The van der Waals surface area contributed by atoms with Crippen LogP contribution in [0.3, 0.4) is 0 Å². The van der Waals surface area contributed by atoms with Crippen molar-refractivity contribution in [3.05, 3.63) is 23.3 Å². The van der Waals surface area contributed by atoms with Crippen molar-refractivity contribution >= 4 is 0 Å². The summed E-state index contributed by atoms with van der Waals surface area (Å²) in [5, 5.41) is 10.7. The minimum atomic E-state index is -0.0215. The van der Waals surface area contributed by atoms with Crippen molar-refractivity contribution in [1.82, 2.24) is 0 Å². The van der Waals surface area contributed by atoms with E-state index in [-0.39, 0.29) is 11.0 Å². The molecule has 2 nitrogen and oxygen atoms in total. The van der Waals surface area contributed by atoms with Crippen LogP contribution < -0.4 is 4.74 Å². The summed E-state index contributed by atoms with van der Waals surface area (Å²) in [6.07, 6.45) is 7.12. The molecule has 3 unspecified atom stereocenters. The first-order chi connectivity index (χ1) is 10.9. The highest BCUT2D eigenvalue weighted by Gasteiger charge is 2.69. The van der Waals surface area contributed by atoms with Crippen molar-refractivity contribution in [3.63, 3.8) is 0 Å². The number of phenolic OH excluding ortho intramolecular Hbond substituents is 1. The zero-order valence-electron chi connectivity index (χ0n) is 15.0. The highest BCUT2D eigenvalue weighted by Crippen LogP contribution is 2.74. The van der Waals surface area contributed by atoms with E-state index in [1.54, 1.807) is 0 Å². The third-order valence-corrected chi connectivity index (χ3v) is 7.11. The van der Waals surface area contributed by atoms with E-state index in [0.29, 0.717) is 17.6 Å². The first-order valence-corrected chi connectivity index (χ1v) is 9.43. The molecule has 1 aliphatic heterocycles. The molecule has 0 aromatic heterocycles. The lowest BCUT2D eigenvalue weighted by Crippen LogP contribution is -2.59. The molecule has 23 heavy (non-hydrogen) atoms. The van der Waals surface area contributed by atoms with Crippen LogP contribution in [-0.4, -0.2) is 10.7 Å². The Morgan fingerprint density at radius 3 is 2.74 bits per heavy atom. The van der Waals surface area contributed by atoms with Gasteiger partial charge in [-0.1, -0.05) is 33.6 Å². The van der Waals surface area contributed by atoms with Gasteiger partial charge in [0, 0.05) is 17.4 Å². The lowest BCUT2D eigenvalue weighted by Gasteiger charge is -2.62. The molecule has 1 N–H and O–H groups in total. The number of unbranched alkanes of at least 4 members (excludes halogenated alkanes) is 2. The van der Waals surface area contributed by atoms with Gasteiger partial charge in [0.2, 0.25) is 0 Å². The van der Waals surface area contributed by atoms with Gasteiger partial charge in [0.25, 0.3) is 0 Å². The summed E-state index contributed by atoms with van der Waals surface area (Å²) in [5.41, 5.74) is 2.58. The van der Waals surface area contributed by atoms with Gasteiger partial charge in [-0.25, -0.2) is 0 Å². The van der Waals surface area contributed by atoms with Crippen LogP contribution in [0.5, 0.6) is 11.5 Å². The van der Waals surface area contributed by atoms with Crippen molar-refractivity contribution < 1.29 is 9.84 Å². The van der Waals surface area contributed by atoms with Gasteiger partial charge in [-0.2, -0.15) is 0 Å². The number of fused-ring (bicyclic) bond motifs is 2. The van der Waals surface area contributed by atoms with Crippen LogP contribution in [-0.2, 0) is 6.42 Å². The molecule has 126 valence electrons. The van der Waals surface area contributed by atoms with Crippen LogP contribution in [0.25, 0.3) is 0 Å². The van der Waals surface area contributed by atoms with Crippen molar-refractivity contribution in [2.24, 2.45) is 17.3 Å². The molecule has 2 heteroatoms. The van der Waals surface area contributed by atoms with Gasteiger partial charge < -0.3 is 9.84 Å². The Balaban J connectivity index is 1.73. The second-order valence-electron chi connectivity index (χ2n) is 8.87. The molecule has 1 heterocycles. The van der Waals surface area contributed by atoms with E-state index in [1.165, 1.54) is 31.2 Å². The van der Waals surface area contributed by atoms with Crippen LogP contribution in [0, 0.1) is 17.3 Å². The third kappa shape index (κ3) is 1.99. The summed E-state index contributed by atoms with van der Waals surface area (Å²) in [6, 6.07) is 4.22. The maximum absolute atomic E-state index is 10.7. The minimum Gasteiger partial charge on any atom is -0.508 e. The molecule has 1 aromatic rings. The molecule has 0 saturated heterocycles. The molecule has 0 amide bonds. The Bertz CT molecular complexity index is 633. The van der Waals surface area contributed by atoms with Crippen LogP contribution in [0.2, 0.25) is 0 Å². The molecule has 1 aromatic carbocycles. The summed E-state index contributed by atoms with van der Waals surface area (Å²) >= 11 is 0. The average Bonchev–Trinajstić information content (AvgIpc) is 2.81. The molecular weight excluding hydrogens is 284 g/mol. The molecule has 2 saturated carbocycles. The summed E-state index contributed by atoms with van der Waals surface area (Å²) in [4.78, 5) is 0. The molecule has 3 aliphatic rings. The lowest BCUT2D eigenvalue weighted by atomic mass is 9.45. The van der Waals surface area contributed by atoms with Crippen LogP contribution in [0.4, 0.5) is 0 Å². The molecule has 0 bridgehead atoms. The molecule has 4 rings (SSSR count). The van der Waals surface area contributed by atoms with E-state index >= 15 is 0 Å². The largest absolute Gasteiger partial charge is 0.508 e. The van der Waals surface area contributed by atoms with E-state index in [2.05, 4.69) is 33.8 Å². The predicted octanol–water partition coefficient (Wildman–Crippen LogP) is 5.43. The Hall–Kier alpha value is -1.18. The van der Waals surface area contributed by atoms with Gasteiger partial charge >= 0.3 is 0 Å². The monoisotopic (exact) mass is 314 g/mol. The number of rotatable bonds is 4. The highest BCUT2D eigenvalue weighted by atomic mass is 16.5. The second kappa shape index (κ2) is 4.91. The number of aryl methyl sites for hydroxylation is 1. The number of hydrogen-bond donors (Lipinski definition) is 1. The smallest absolute Gasteiger partial charge is 0.127 e. The van der Waals surface area contributed by atoms with Crippen molar-refractivity contribution in [2.75, 3.05) is 0 Å². The Morgan fingerprint density at radius 2 is 2.00 bits per heavy atom. The summed E-state index contributed by atoms with van der Waals surface area (Å²) in [5.74, 6) is 3.22. The summed E-state index contributed by atoms with van der Waals surface area (Å²) in [6.45, 7) is 9.29. The minimum absolute atomic E-state index is 0.0215. The second-order valence-corrected chi connectivity index (χ2v) is 8.87. The lowest BCUT2D eigenvalue weighted by molar-refractivity contribution is -0.121. The van der Waals surface area contributed by atoms with E-state index in [1.807, 2.05) is 6.07 Å². The topological polar surface area (TPSA) is 29.5 Å². The Morgan fingerprint density at radius 1 is 1.22 bits per heavy atom. The van der Waals surface area contributed by atoms with Gasteiger partial charge in [-0.05, 0) is 61.6 Å². The molecule has 4 atom stereocenters. The first kappa shape index (κ1) is 15.4. The maximum atomic E-state index is 10.7. The normalized spacial score (nSPS) is 35.9. The van der Waals surface area contributed by atoms with E-state index in [4.69, 9.17) is 4.74 Å². The number of phenols is 1. The quantitative estimate of drug-likeness (QED) is 0.751. The first-order valence-electron chi connectivity index (χ1n) is 9.43.